The van der Waals surface area contributed by atoms with Crippen molar-refractivity contribution in [1.29, 1.82) is 0 Å². The Kier molecular flexibility index (Phi) is 2.85. The average molecular weight is 166 g/mol. The third-order valence-electron chi connectivity index (χ3n) is 1.35. The summed E-state index contributed by atoms with van der Waals surface area (Å²) < 4.78 is 0. The Morgan fingerprint density at radius 3 is 2.17 bits per heavy atom. The van der Waals surface area contributed by atoms with Crippen LogP contribution in [0.5, 0.6) is 5.75 Å². The second kappa shape index (κ2) is 3.90. The van der Waals surface area contributed by atoms with Crippen LogP contribution in [0.4, 0.5) is 0 Å². The molecule has 0 aliphatic rings. The van der Waals surface area contributed by atoms with Crippen molar-refractivity contribution in [2.24, 2.45) is 0 Å². The first-order valence-corrected chi connectivity index (χ1v) is 3.52. The molecule has 0 unspecified atom stereocenters. The number of rotatable bonds is 2. The number of hydrogen-bond donors (Lipinski definition) is 3. The predicted molar refractivity (Wildman–Crippen MR) is 45.4 cm³/mol. The van der Waals surface area contributed by atoms with Gasteiger partial charge in [-0.05, 0) is 23.8 Å². The Balaban J connectivity index is 2.71. The smallest absolute Gasteiger partial charge is 0.171 e. The molecule has 0 bridgehead atoms. The standard InChI is InChI=1S/C9H10O3/c10-8-4-1-7(2-5-8)3-6-9(11)12/h1-6,9-12H. The summed E-state index contributed by atoms with van der Waals surface area (Å²) >= 11 is 0. The Bertz CT molecular complexity index is 262. The minimum atomic E-state index is -1.43. The van der Waals surface area contributed by atoms with Crippen molar-refractivity contribution in [3.63, 3.8) is 0 Å². The van der Waals surface area contributed by atoms with Crippen molar-refractivity contribution in [2.75, 3.05) is 0 Å². The van der Waals surface area contributed by atoms with Gasteiger partial charge in [0.05, 0.1) is 0 Å². The fraction of sp³-hybridized carbons (Fsp3) is 0.111. The van der Waals surface area contributed by atoms with E-state index in [-0.39, 0.29) is 5.75 Å². The van der Waals surface area contributed by atoms with Gasteiger partial charge in [-0.1, -0.05) is 18.2 Å². The summed E-state index contributed by atoms with van der Waals surface area (Å²) in [5.41, 5.74) is 0.806. The number of phenols is 1. The predicted octanol–water partition coefficient (Wildman–Crippen LogP) is 0.716. The van der Waals surface area contributed by atoms with E-state index >= 15 is 0 Å². The molecule has 0 aliphatic heterocycles. The first kappa shape index (κ1) is 8.77. The van der Waals surface area contributed by atoms with Crippen molar-refractivity contribution in [3.8, 4) is 5.75 Å². The highest BCUT2D eigenvalue weighted by molar-refractivity contribution is 5.50. The second-order valence-corrected chi connectivity index (χ2v) is 2.36. The molecule has 0 saturated heterocycles. The lowest BCUT2D eigenvalue weighted by molar-refractivity contribution is 0.00304. The Morgan fingerprint density at radius 2 is 1.67 bits per heavy atom. The zero-order chi connectivity index (χ0) is 8.97. The minimum absolute atomic E-state index is 0.191. The molecule has 0 atom stereocenters. The Labute approximate surface area is 70.2 Å². The van der Waals surface area contributed by atoms with Gasteiger partial charge < -0.3 is 15.3 Å². The van der Waals surface area contributed by atoms with Crippen molar-refractivity contribution in [1.82, 2.24) is 0 Å². The molecule has 3 nitrogen and oxygen atoms in total. The summed E-state index contributed by atoms with van der Waals surface area (Å²) in [6, 6.07) is 6.41. The van der Waals surface area contributed by atoms with Gasteiger partial charge in [0, 0.05) is 0 Å². The van der Waals surface area contributed by atoms with Crippen LogP contribution in [0, 0.1) is 0 Å². The third kappa shape index (κ3) is 2.74. The van der Waals surface area contributed by atoms with E-state index in [9.17, 15) is 0 Å². The maximum atomic E-state index is 8.91. The normalized spacial score (nSPS) is 11.2. The van der Waals surface area contributed by atoms with Gasteiger partial charge in [0.2, 0.25) is 0 Å². The maximum Gasteiger partial charge on any atom is 0.171 e. The van der Waals surface area contributed by atoms with Crippen LogP contribution in [0.15, 0.2) is 30.3 Å². The molecule has 3 N–H and O–H groups in total. The summed E-state index contributed by atoms with van der Waals surface area (Å²) in [4.78, 5) is 0. The van der Waals surface area contributed by atoms with Gasteiger partial charge in [-0.2, -0.15) is 0 Å². The SMILES string of the molecule is Oc1ccc(C=CC(O)O)cc1. The molecule has 0 fully saturated rings. The van der Waals surface area contributed by atoms with Gasteiger partial charge in [-0.25, -0.2) is 0 Å². The van der Waals surface area contributed by atoms with Crippen LogP contribution in [-0.2, 0) is 0 Å². The average Bonchev–Trinajstić information content (AvgIpc) is 2.03. The van der Waals surface area contributed by atoms with Gasteiger partial charge in [-0.15, -0.1) is 0 Å². The summed E-state index contributed by atoms with van der Waals surface area (Å²) in [6.45, 7) is 0. The molecule has 3 heteroatoms. The first-order chi connectivity index (χ1) is 5.68. The minimum Gasteiger partial charge on any atom is -0.508 e. The molecular formula is C9H10O3. The van der Waals surface area contributed by atoms with Gasteiger partial charge in [0.25, 0.3) is 0 Å². The Morgan fingerprint density at radius 1 is 1.08 bits per heavy atom. The summed E-state index contributed by atoms with van der Waals surface area (Å²) in [5.74, 6) is 0.191. The highest BCUT2D eigenvalue weighted by Crippen LogP contribution is 2.10. The molecule has 0 aromatic heterocycles. The van der Waals surface area contributed by atoms with Crippen LogP contribution in [0.3, 0.4) is 0 Å². The number of aliphatic hydroxyl groups excluding tert-OH is 1. The zero-order valence-electron chi connectivity index (χ0n) is 6.38. The van der Waals surface area contributed by atoms with E-state index in [0.717, 1.165) is 5.56 Å². The fourth-order valence-electron chi connectivity index (χ4n) is 0.783. The lowest BCUT2D eigenvalue weighted by atomic mass is 10.2. The summed E-state index contributed by atoms with van der Waals surface area (Å²) in [7, 11) is 0. The lowest BCUT2D eigenvalue weighted by Gasteiger charge is -1.95. The fourth-order valence-corrected chi connectivity index (χ4v) is 0.783. The highest BCUT2D eigenvalue weighted by Gasteiger charge is 1.89. The van der Waals surface area contributed by atoms with E-state index in [0.29, 0.717) is 0 Å². The van der Waals surface area contributed by atoms with E-state index in [1.807, 2.05) is 0 Å². The van der Waals surface area contributed by atoms with Crippen molar-refractivity contribution < 1.29 is 15.3 Å². The topological polar surface area (TPSA) is 60.7 Å². The van der Waals surface area contributed by atoms with E-state index in [1.165, 1.54) is 18.2 Å². The van der Waals surface area contributed by atoms with Crippen LogP contribution in [-0.4, -0.2) is 21.6 Å². The number of benzene rings is 1. The molecule has 0 aliphatic carbocycles. The van der Waals surface area contributed by atoms with Gasteiger partial charge in [0.15, 0.2) is 6.29 Å². The molecule has 0 heterocycles. The molecule has 0 radical (unpaired) electrons. The van der Waals surface area contributed by atoms with E-state index < -0.39 is 6.29 Å². The van der Waals surface area contributed by atoms with Gasteiger partial charge in [0.1, 0.15) is 5.75 Å². The van der Waals surface area contributed by atoms with E-state index in [4.69, 9.17) is 15.3 Å². The molecule has 1 rings (SSSR count). The molecule has 0 amide bonds. The molecule has 12 heavy (non-hydrogen) atoms. The molecular weight excluding hydrogens is 156 g/mol. The molecule has 64 valence electrons. The lowest BCUT2D eigenvalue weighted by Crippen LogP contribution is -1.96. The van der Waals surface area contributed by atoms with Crippen LogP contribution in [0.2, 0.25) is 0 Å². The van der Waals surface area contributed by atoms with Crippen LogP contribution in [0.1, 0.15) is 5.56 Å². The monoisotopic (exact) mass is 166 g/mol. The van der Waals surface area contributed by atoms with Crippen molar-refractivity contribution in [2.45, 2.75) is 6.29 Å². The molecule has 1 aromatic rings. The maximum absolute atomic E-state index is 8.91. The summed E-state index contributed by atoms with van der Waals surface area (Å²) in [6.07, 6.45) is 1.37. The van der Waals surface area contributed by atoms with E-state index in [1.54, 1.807) is 18.2 Å². The number of hydrogen-bond acceptors (Lipinski definition) is 3. The quantitative estimate of drug-likeness (QED) is 0.567. The zero-order valence-corrected chi connectivity index (χ0v) is 6.38. The van der Waals surface area contributed by atoms with Crippen LogP contribution in [0.25, 0.3) is 6.08 Å². The number of phenolic OH excluding ortho intramolecular Hbond substituents is 1. The van der Waals surface area contributed by atoms with Crippen molar-refractivity contribution >= 4 is 6.08 Å². The number of aromatic hydroxyl groups is 1. The molecule has 0 spiro atoms. The second-order valence-electron chi connectivity index (χ2n) is 2.36. The Hall–Kier alpha value is -1.32. The molecule has 0 saturated carbocycles. The first-order valence-electron chi connectivity index (χ1n) is 3.52. The van der Waals surface area contributed by atoms with E-state index in [2.05, 4.69) is 0 Å². The van der Waals surface area contributed by atoms with Crippen LogP contribution >= 0.6 is 0 Å². The third-order valence-corrected chi connectivity index (χ3v) is 1.35. The number of aliphatic hydroxyl groups is 2. The van der Waals surface area contributed by atoms with Gasteiger partial charge in [-0.3, -0.25) is 0 Å². The highest BCUT2D eigenvalue weighted by atomic mass is 16.5. The summed E-state index contributed by atoms with van der Waals surface area (Å²) in [5, 5.41) is 25.9. The van der Waals surface area contributed by atoms with Crippen LogP contribution < -0.4 is 0 Å². The van der Waals surface area contributed by atoms with Gasteiger partial charge >= 0.3 is 0 Å². The van der Waals surface area contributed by atoms with Crippen molar-refractivity contribution in [3.05, 3.63) is 35.9 Å². The largest absolute Gasteiger partial charge is 0.508 e. The molecule has 1 aromatic carbocycles.